The minimum absolute atomic E-state index is 0.365. The van der Waals surface area contributed by atoms with Gasteiger partial charge in [-0.2, -0.15) is 0 Å². The lowest BCUT2D eigenvalue weighted by molar-refractivity contribution is -0.135. The summed E-state index contributed by atoms with van der Waals surface area (Å²) in [4.78, 5) is 34.8. The van der Waals surface area contributed by atoms with Crippen molar-refractivity contribution >= 4 is 23.6 Å². The van der Waals surface area contributed by atoms with E-state index in [0.29, 0.717) is 5.69 Å². The maximum atomic E-state index is 11.8. The highest BCUT2D eigenvalue weighted by Gasteiger charge is 2.24. The number of aliphatic carboxylic acids is 1. The number of urea groups is 1. The average Bonchev–Trinajstić information content (AvgIpc) is 2.35. The SMILES string of the molecule is Cc1ccc(N(CC(=O)O)C(C)C(=O)NC(N)=O)cc1. The zero-order valence-electron chi connectivity index (χ0n) is 11.3. The number of anilines is 1. The molecule has 108 valence electrons. The van der Waals surface area contributed by atoms with E-state index in [4.69, 9.17) is 10.8 Å². The van der Waals surface area contributed by atoms with E-state index in [1.807, 2.05) is 24.4 Å². The van der Waals surface area contributed by atoms with Gasteiger partial charge in [0.2, 0.25) is 5.91 Å². The summed E-state index contributed by atoms with van der Waals surface area (Å²) in [6.45, 7) is 3.03. The number of carboxylic acid groups (broad SMARTS) is 1. The molecule has 0 aliphatic rings. The number of imide groups is 1. The Kier molecular flexibility index (Phi) is 5.08. The number of benzene rings is 1. The highest BCUT2D eigenvalue weighted by atomic mass is 16.4. The molecule has 7 nitrogen and oxygen atoms in total. The second-order valence-electron chi connectivity index (χ2n) is 4.39. The number of nitrogens with zero attached hydrogens (tertiary/aromatic N) is 1. The maximum Gasteiger partial charge on any atom is 0.323 e. The molecule has 0 spiro atoms. The van der Waals surface area contributed by atoms with Crippen LogP contribution in [0.3, 0.4) is 0 Å². The monoisotopic (exact) mass is 279 g/mol. The first-order valence-electron chi connectivity index (χ1n) is 5.96. The van der Waals surface area contributed by atoms with Crippen LogP contribution in [0.4, 0.5) is 10.5 Å². The quantitative estimate of drug-likeness (QED) is 0.725. The van der Waals surface area contributed by atoms with E-state index >= 15 is 0 Å². The number of carbonyl (C=O) groups excluding carboxylic acids is 2. The summed E-state index contributed by atoms with van der Waals surface area (Å²) >= 11 is 0. The van der Waals surface area contributed by atoms with Crippen LogP contribution in [-0.2, 0) is 9.59 Å². The molecular weight excluding hydrogens is 262 g/mol. The van der Waals surface area contributed by atoms with Crippen LogP contribution in [-0.4, -0.2) is 35.6 Å². The number of primary amides is 1. The number of carbonyl (C=O) groups is 3. The topological polar surface area (TPSA) is 113 Å². The minimum Gasteiger partial charge on any atom is -0.480 e. The molecule has 1 aromatic rings. The van der Waals surface area contributed by atoms with Crippen molar-refractivity contribution in [2.24, 2.45) is 5.73 Å². The molecule has 0 aromatic heterocycles. The Morgan fingerprint density at radius 1 is 1.30 bits per heavy atom. The molecule has 0 heterocycles. The van der Waals surface area contributed by atoms with Gasteiger partial charge in [-0.15, -0.1) is 0 Å². The molecule has 4 N–H and O–H groups in total. The lowest BCUT2D eigenvalue weighted by atomic mass is 10.1. The molecule has 0 bridgehead atoms. The number of nitrogens with two attached hydrogens (primary N) is 1. The number of aryl methyl sites for hydroxylation is 1. The van der Waals surface area contributed by atoms with Gasteiger partial charge in [-0.1, -0.05) is 17.7 Å². The number of carboxylic acids is 1. The van der Waals surface area contributed by atoms with Gasteiger partial charge < -0.3 is 15.7 Å². The van der Waals surface area contributed by atoms with Gasteiger partial charge in [-0.05, 0) is 26.0 Å². The predicted molar refractivity (Wildman–Crippen MR) is 73.3 cm³/mol. The molecule has 20 heavy (non-hydrogen) atoms. The Morgan fingerprint density at radius 3 is 2.30 bits per heavy atom. The predicted octanol–water partition coefficient (Wildman–Crippen LogP) is 0.469. The lowest BCUT2D eigenvalue weighted by Crippen LogP contribution is -2.50. The third kappa shape index (κ3) is 4.27. The van der Waals surface area contributed by atoms with Crippen LogP contribution in [0.15, 0.2) is 24.3 Å². The Labute approximate surface area is 116 Å². The standard InChI is InChI=1S/C13H17N3O4/c1-8-3-5-10(6-4-8)16(7-11(17)18)9(2)12(19)15-13(14)20/h3-6,9H,7H2,1-2H3,(H,17,18)(H3,14,15,19,20). The summed E-state index contributed by atoms with van der Waals surface area (Å²) in [6, 6.07) is 5.23. The van der Waals surface area contributed by atoms with Crippen LogP contribution in [0, 0.1) is 6.92 Å². The van der Waals surface area contributed by atoms with E-state index in [1.165, 1.54) is 11.8 Å². The van der Waals surface area contributed by atoms with Crippen molar-refractivity contribution in [2.45, 2.75) is 19.9 Å². The average molecular weight is 279 g/mol. The van der Waals surface area contributed by atoms with Gasteiger partial charge in [0.25, 0.3) is 0 Å². The fraction of sp³-hybridized carbons (Fsp3) is 0.308. The van der Waals surface area contributed by atoms with Crippen molar-refractivity contribution in [1.82, 2.24) is 5.32 Å². The molecule has 1 unspecified atom stereocenters. The molecule has 1 atom stereocenters. The Morgan fingerprint density at radius 2 is 1.85 bits per heavy atom. The molecular formula is C13H17N3O4. The van der Waals surface area contributed by atoms with Crippen molar-refractivity contribution in [2.75, 3.05) is 11.4 Å². The number of rotatable bonds is 5. The van der Waals surface area contributed by atoms with Gasteiger partial charge in [-0.25, -0.2) is 4.79 Å². The summed E-state index contributed by atoms with van der Waals surface area (Å²) < 4.78 is 0. The molecule has 0 saturated carbocycles. The zero-order valence-corrected chi connectivity index (χ0v) is 11.3. The summed E-state index contributed by atoms with van der Waals surface area (Å²) in [5, 5.41) is 10.9. The van der Waals surface area contributed by atoms with Gasteiger partial charge in [0.1, 0.15) is 12.6 Å². The summed E-state index contributed by atoms with van der Waals surface area (Å²) in [5.41, 5.74) is 6.47. The first kappa shape index (κ1) is 15.5. The maximum absolute atomic E-state index is 11.8. The Hall–Kier alpha value is -2.57. The van der Waals surface area contributed by atoms with Crippen molar-refractivity contribution in [3.63, 3.8) is 0 Å². The van der Waals surface area contributed by atoms with E-state index in [0.717, 1.165) is 5.56 Å². The molecule has 3 amide bonds. The van der Waals surface area contributed by atoms with E-state index in [-0.39, 0.29) is 6.54 Å². The first-order valence-corrected chi connectivity index (χ1v) is 5.96. The van der Waals surface area contributed by atoms with Gasteiger partial charge in [-0.3, -0.25) is 14.9 Å². The molecule has 7 heteroatoms. The summed E-state index contributed by atoms with van der Waals surface area (Å²) in [6.07, 6.45) is 0. The third-order valence-corrected chi connectivity index (χ3v) is 2.76. The highest BCUT2D eigenvalue weighted by Crippen LogP contribution is 2.17. The molecule has 0 aliphatic heterocycles. The van der Waals surface area contributed by atoms with Crippen LogP contribution >= 0.6 is 0 Å². The highest BCUT2D eigenvalue weighted by molar-refractivity contribution is 5.98. The minimum atomic E-state index is -1.08. The molecule has 0 saturated heterocycles. The van der Waals surface area contributed by atoms with Crippen molar-refractivity contribution in [3.05, 3.63) is 29.8 Å². The van der Waals surface area contributed by atoms with Crippen molar-refractivity contribution < 1.29 is 19.5 Å². The molecule has 0 radical (unpaired) electrons. The van der Waals surface area contributed by atoms with Crippen molar-refractivity contribution in [1.29, 1.82) is 0 Å². The first-order chi connectivity index (χ1) is 9.31. The number of hydrogen-bond acceptors (Lipinski definition) is 4. The third-order valence-electron chi connectivity index (χ3n) is 2.76. The van der Waals surface area contributed by atoms with Crippen molar-refractivity contribution in [3.8, 4) is 0 Å². The molecule has 0 aliphatic carbocycles. The number of amides is 3. The van der Waals surface area contributed by atoms with E-state index < -0.39 is 23.9 Å². The summed E-state index contributed by atoms with van der Waals surface area (Å²) in [7, 11) is 0. The molecule has 1 rings (SSSR count). The second-order valence-corrected chi connectivity index (χ2v) is 4.39. The largest absolute Gasteiger partial charge is 0.480 e. The second kappa shape index (κ2) is 6.55. The van der Waals surface area contributed by atoms with Crippen LogP contribution in [0.25, 0.3) is 0 Å². The number of nitrogens with one attached hydrogen (secondary N) is 1. The van der Waals surface area contributed by atoms with Gasteiger partial charge in [0.15, 0.2) is 0 Å². The fourth-order valence-electron chi connectivity index (χ4n) is 1.70. The van der Waals surface area contributed by atoms with Crippen LogP contribution in [0.2, 0.25) is 0 Å². The fourth-order valence-corrected chi connectivity index (χ4v) is 1.70. The van der Waals surface area contributed by atoms with Gasteiger partial charge in [0.05, 0.1) is 0 Å². The smallest absolute Gasteiger partial charge is 0.323 e. The van der Waals surface area contributed by atoms with Crippen LogP contribution < -0.4 is 16.0 Å². The van der Waals surface area contributed by atoms with Crippen LogP contribution in [0.1, 0.15) is 12.5 Å². The van der Waals surface area contributed by atoms with Gasteiger partial charge in [0, 0.05) is 5.69 Å². The van der Waals surface area contributed by atoms with E-state index in [9.17, 15) is 14.4 Å². The molecule has 0 fully saturated rings. The number of hydrogen-bond donors (Lipinski definition) is 3. The van der Waals surface area contributed by atoms with E-state index in [1.54, 1.807) is 12.1 Å². The van der Waals surface area contributed by atoms with E-state index in [2.05, 4.69) is 0 Å². The Bertz CT molecular complexity index is 513. The zero-order chi connectivity index (χ0) is 15.3. The Balaban J connectivity index is 2.99. The van der Waals surface area contributed by atoms with Crippen LogP contribution in [0.5, 0.6) is 0 Å². The molecule has 1 aromatic carbocycles. The summed E-state index contributed by atoms with van der Waals surface area (Å²) in [5.74, 6) is -1.73. The lowest BCUT2D eigenvalue weighted by Gasteiger charge is -2.28. The van der Waals surface area contributed by atoms with Gasteiger partial charge >= 0.3 is 12.0 Å². The normalized spacial score (nSPS) is 11.5.